The second-order valence-corrected chi connectivity index (χ2v) is 5.48. The average Bonchev–Trinajstić information content (AvgIpc) is 3.08. The van der Waals surface area contributed by atoms with Crippen LogP contribution in [-0.2, 0) is 6.54 Å². The molecule has 106 valence electrons. The summed E-state index contributed by atoms with van der Waals surface area (Å²) in [6, 6.07) is 9.89. The highest BCUT2D eigenvalue weighted by Crippen LogP contribution is 2.28. The van der Waals surface area contributed by atoms with Crippen molar-refractivity contribution in [3.05, 3.63) is 57.3 Å². The number of aryl methyl sites for hydroxylation is 1. The lowest BCUT2D eigenvalue weighted by Gasteiger charge is -1.94. The van der Waals surface area contributed by atoms with E-state index in [9.17, 15) is 10.1 Å². The van der Waals surface area contributed by atoms with E-state index in [1.807, 2.05) is 37.3 Å². The molecule has 7 nitrogen and oxygen atoms in total. The van der Waals surface area contributed by atoms with Gasteiger partial charge < -0.3 is 10.1 Å². The number of nitro groups is 1. The Morgan fingerprint density at radius 3 is 2.76 bits per heavy atom. The first kappa shape index (κ1) is 13.4. The molecule has 0 bridgehead atoms. The summed E-state index contributed by atoms with van der Waals surface area (Å²) in [6.45, 7) is 2.35. The molecule has 0 saturated carbocycles. The van der Waals surface area contributed by atoms with Crippen molar-refractivity contribution in [2.75, 3.05) is 0 Å². The zero-order valence-electron chi connectivity index (χ0n) is 11.1. The standard InChI is InChI=1S/C13H11N5O2S/c1-9-11(7-17-8-14-13(16-17)18(19)20)21-12(15-9)10-5-3-2-4-6-10/h2-6,8H,7H2,1H3. The third kappa shape index (κ3) is 2.79. The molecule has 2 aromatic heterocycles. The minimum Gasteiger partial charge on any atom is -0.390 e. The number of thiazole rings is 1. The Kier molecular flexibility index (Phi) is 3.44. The number of hydrogen-bond donors (Lipinski definition) is 0. The van der Waals surface area contributed by atoms with Crippen LogP contribution in [0.2, 0.25) is 0 Å². The van der Waals surface area contributed by atoms with Gasteiger partial charge in [0.25, 0.3) is 0 Å². The van der Waals surface area contributed by atoms with Gasteiger partial charge in [-0.05, 0) is 11.8 Å². The van der Waals surface area contributed by atoms with E-state index in [4.69, 9.17) is 0 Å². The van der Waals surface area contributed by atoms with Crippen molar-refractivity contribution in [2.45, 2.75) is 13.5 Å². The lowest BCUT2D eigenvalue weighted by atomic mass is 10.2. The van der Waals surface area contributed by atoms with Gasteiger partial charge in [0.05, 0.1) is 17.1 Å². The summed E-state index contributed by atoms with van der Waals surface area (Å²) in [6.07, 6.45) is 1.36. The molecule has 0 aliphatic rings. The van der Waals surface area contributed by atoms with E-state index in [-0.39, 0.29) is 5.95 Å². The topological polar surface area (TPSA) is 86.7 Å². The number of nitrogens with zero attached hydrogens (tertiary/aromatic N) is 5. The number of benzene rings is 1. The molecular weight excluding hydrogens is 290 g/mol. The molecule has 0 aliphatic carbocycles. The SMILES string of the molecule is Cc1nc(-c2ccccc2)sc1Cn1cnc([N+](=O)[O-])n1. The van der Waals surface area contributed by atoms with E-state index in [1.54, 1.807) is 11.3 Å². The second kappa shape index (κ2) is 5.41. The molecule has 0 amide bonds. The van der Waals surface area contributed by atoms with E-state index in [1.165, 1.54) is 11.0 Å². The van der Waals surface area contributed by atoms with Crippen molar-refractivity contribution >= 4 is 17.3 Å². The van der Waals surface area contributed by atoms with Crippen LogP contribution in [0.4, 0.5) is 5.95 Å². The van der Waals surface area contributed by atoms with Gasteiger partial charge in [-0.1, -0.05) is 35.3 Å². The Bertz CT molecular complexity index is 781. The molecule has 0 N–H and O–H groups in total. The Balaban J connectivity index is 1.86. The van der Waals surface area contributed by atoms with Gasteiger partial charge in [0.15, 0.2) is 0 Å². The highest BCUT2D eigenvalue weighted by Gasteiger charge is 2.16. The zero-order chi connectivity index (χ0) is 14.8. The smallest absolute Gasteiger partial charge is 0.390 e. The van der Waals surface area contributed by atoms with Gasteiger partial charge >= 0.3 is 5.95 Å². The number of rotatable bonds is 4. The minimum absolute atomic E-state index is 0.388. The van der Waals surface area contributed by atoms with E-state index in [2.05, 4.69) is 15.1 Å². The van der Waals surface area contributed by atoms with Crippen LogP contribution in [0.5, 0.6) is 0 Å². The maximum absolute atomic E-state index is 10.6. The molecule has 0 atom stereocenters. The first-order chi connectivity index (χ1) is 10.1. The fourth-order valence-electron chi connectivity index (χ4n) is 1.87. The minimum atomic E-state index is -0.606. The summed E-state index contributed by atoms with van der Waals surface area (Å²) < 4.78 is 1.45. The summed E-state index contributed by atoms with van der Waals surface area (Å²) in [5, 5.41) is 15.3. The lowest BCUT2D eigenvalue weighted by Crippen LogP contribution is -2.00. The van der Waals surface area contributed by atoms with Crippen LogP contribution in [0.1, 0.15) is 10.6 Å². The molecule has 0 radical (unpaired) electrons. The third-order valence-corrected chi connectivity index (χ3v) is 4.10. The lowest BCUT2D eigenvalue weighted by molar-refractivity contribution is -0.394. The van der Waals surface area contributed by atoms with Crippen LogP contribution in [0.15, 0.2) is 36.7 Å². The van der Waals surface area contributed by atoms with Gasteiger partial charge in [0.2, 0.25) is 6.33 Å². The van der Waals surface area contributed by atoms with Gasteiger partial charge in [-0.2, -0.15) is 4.68 Å². The summed E-state index contributed by atoms with van der Waals surface area (Å²) >= 11 is 1.56. The number of aromatic nitrogens is 4. The van der Waals surface area contributed by atoms with E-state index >= 15 is 0 Å². The molecule has 21 heavy (non-hydrogen) atoms. The Hall–Kier alpha value is -2.61. The molecule has 1 aromatic carbocycles. The summed E-state index contributed by atoms with van der Waals surface area (Å²) in [7, 11) is 0. The highest BCUT2D eigenvalue weighted by molar-refractivity contribution is 7.15. The van der Waals surface area contributed by atoms with Gasteiger partial charge in [0.1, 0.15) is 5.01 Å². The van der Waals surface area contributed by atoms with Crippen LogP contribution in [-0.4, -0.2) is 24.7 Å². The van der Waals surface area contributed by atoms with E-state index in [0.717, 1.165) is 21.1 Å². The second-order valence-electron chi connectivity index (χ2n) is 4.39. The molecule has 3 rings (SSSR count). The Labute approximate surface area is 124 Å². The zero-order valence-corrected chi connectivity index (χ0v) is 11.9. The van der Waals surface area contributed by atoms with Crippen molar-refractivity contribution in [3.63, 3.8) is 0 Å². The molecule has 0 saturated heterocycles. The van der Waals surface area contributed by atoms with Crippen LogP contribution in [0.25, 0.3) is 10.6 Å². The molecule has 0 spiro atoms. The fraction of sp³-hybridized carbons (Fsp3) is 0.154. The summed E-state index contributed by atoms with van der Waals surface area (Å²) in [5.41, 5.74) is 1.96. The van der Waals surface area contributed by atoms with Crippen LogP contribution in [0, 0.1) is 17.0 Å². The molecular formula is C13H11N5O2S. The van der Waals surface area contributed by atoms with E-state index < -0.39 is 4.92 Å². The largest absolute Gasteiger partial charge is 0.490 e. The van der Waals surface area contributed by atoms with Crippen LogP contribution in [0.3, 0.4) is 0 Å². The van der Waals surface area contributed by atoms with Crippen molar-refractivity contribution in [2.24, 2.45) is 0 Å². The maximum atomic E-state index is 10.6. The molecule has 8 heteroatoms. The molecule has 0 aliphatic heterocycles. The van der Waals surface area contributed by atoms with Crippen molar-refractivity contribution in [1.29, 1.82) is 0 Å². The monoisotopic (exact) mass is 301 g/mol. The predicted octanol–water partition coefficient (Wildman–Crippen LogP) is 2.67. The van der Waals surface area contributed by atoms with E-state index in [0.29, 0.717) is 6.54 Å². The molecule has 0 fully saturated rings. The predicted molar refractivity (Wildman–Crippen MR) is 78.1 cm³/mol. The highest BCUT2D eigenvalue weighted by atomic mass is 32.1. The Morgan fingerprint density at radius 2 is 2.10 bits per heavy atom. The molecule has 2 heterocycles. The van der Waals surface area contributed by atoms with Crippen molar-refractivity contribution in [3.8, 4) is 10.6 Å². The fourth-order valence-corrected chi connectivity index (χ4v) is 2.93. The maximum Gasteiger partial charge on any atom is 0.490 e. The normalized spacial score (nSPS) is 10.7. The van der Waals surface area contributed by atoms with Gasteiger partial charge in [-0.15, -0.1) is 11.3 Å². The first-order valence-corrected chi connectivity index (χ1v) is 7.00. The van der Waals surface area contributed by atoms with Crippen molar-refractivity contribution in [1.82, 2.24) is 19.7 Å². The third-order valence-electron chi connectivity index (χ3n) is 2.91. The van der Waals surface area contributed by atoms with Crippen LogP contribution < -0.4 is 0 Å². The van der Waals surface area contributed by atoms with Gasteiger partial charge in [0, 0.05) is 10.7 Å². The van der Waals surface area contributed by atoms with Crippen molar-refractivity contribution < 1.29 is 4.92 Å². The quantitative estimate of drug-likeness (QED) is 0.546. The van der Waals surface area contributed by atoms with Gasteiger partial charge in [-0.3, -0.25) is 0 Å². The Morgan fingerprint density at radius 1 is 1.33 bits per heavy atom. The molecule has 3 aromatic rings. The first-order valence-electron chi connectivity index (χ1n) is 6.19. The molecule has 0 unspecified atom stereocenters. The number of hydrogen-bond acceptors (Lipinski definition) is 6. The van der Waals surface area contributed by atoms with Crippen LogP contribution >= 0.6 is 11.3 Å². The summed E-state index contributed by atoms with van der Waals surface area (Å²) in [4.78, 5) is 19.2. The van der Waals surface area contributed by atoms with Gasteiger partial charge in [-0.25, -0.2) is 4.98 Å². The average molecular weight is 301 g/mol. The summed E-state index contributed by atoms with van der Waals surface area (Å²) in [5.74, 6) is -0.388.